The summed E-state index contributed by atoms with van der Waals surface area (Å²) in [5, 5.41) is 11.6. The molecule has 6 nitrogen and oxygen atoms in total. The Balaban J connectivity index is 1.33. The predicted molar refractivity (Wildman–Crippen MR) is 122 cm³/mol. The summed E-state index contributed by atoms with van der Waals surface area (Å²) in [4.78, 5) is 31.2. The Bertz CT molecular complexity index is 1080. The van der Waals surface area contributed by atoms with E-state index >= 15 is 0 Å². The minimum absolute atomic E-state index is 0.000826. The Hall–Kier alpha value is -3.02. The summed E-state index contributed by atoms with van der Waals surface area (Å²) < 4.78 is 0. The molecule has 0 bridgehead atoms. The Kier molecular flexibility index (Phi) is 5.31. The quantitative estimate of drug-likeness (QED) is 0.707. The van der Waals surface area contributed by atoms with Crippen LogP contribution in [0, 0.1) is 17.3 Å². The summed E-state index contributed by atoms with van der Waals surface area (Å²) in [5.41, 5.74) is 6.30. The molecule has 1 aromatic carbocycles. The van der Waals surface area contributed by atoms with E-state index in [1.54, 1.807) is 6.33 Å². The minimum atomic E-state index is -0.953. The Morgan fingerprint density at radius 2 is 2.00 bits per heavy atom. The van der Waals surface area contributed by atoms with Gasteiger partial charge in [0.25, 0.3) is 0 Å². The number of rotatable bonds is 5. The van der Waals surface area contributed by atoms with Gasteiger partial charge < -0.3 is 10.4 Å². The van der Waals surface area contributed by atoms with Crippen molar-refractivity contribution < 1.29 is 14.7 Å². The van der Waals surface area contributed by atoms with E-state index in [0.29, 0.717) is 17.8 Å². The first-order valence-corrected chi connectivity index (χ1v) is 11.6. The van der Waals surface area contributed by atoms with Crippen molar-refractivity contribution in [1.82, 2.24) is 9.97 Å². The van der Waals surface area contributed by atoms with E-state index in [9.17, 15) is 9.59 Å². The van der Waals surface area contributed by atoms with Crippen molar-refractivity contribution in [3.8, 4) is 0 Å². The van der Waals surface area contributed by atoms with Crippen LogP contribution in [0.1, 0.15) is 68.1 Å². The van der Waals surface area contributed by atoms with E-state index in [0.717, 1.165) is 30.5 Å². The first kappa shape index (κ1) is 20.9. The molecule has 0 aliphatic heterocycles. The summed E-state index contributed by atoms with van der Waals surface area (Å²) in [6.45, 7) is 2.44. The van der Waals surface area contributed by atoms with Crippen molar-refractivity contribution in [2.24, 2.45) is 17.3 Å². The molecule has 3 aliphatic carbocycles. The molecule has 1 amide bonds. The molecule has 0 spiro atoms. The fraction of sp³-hybridized carbons (Fsp3) is 0.462. The maximum atomic E-state index is 12.0. The van der Waals surface area contributed by atoms with Gasteiger partial charge in [-0.15, -0.1) is 0 Å². The molecule has 1 aromatic heterocycles. The topological polar surface area (TPSA) is 92.2 Å². The number of fused-ring (bicyclic) bond motifs is 5. The van der Waals surface area contributed by atoms with Crippen molar-refractivity contribution in [3.05, 3.63) is 59.7 Å². The maximum absolute atomic E-state index is 12.0. The van der Waals surface area contributed by atoms with Gasteiger partial charge in [0.05, 0.1) is 6.42 Å². The standard InChI is InChI=1S/C26H29N3O3/c1-26-11-10-20-19-5-3-18(29-24(30)8-9-25(31)32)12-16(19)2-4-21(20)23(26)7-6-22(26)17-13-27-15-28-14-17/h3,5-6,12-15,20-21,23H,2,4,7-11H2,1H3,(H,29,30)(H,31,32)/t20-,21-,23+,26-/m1/s1. The smallest absolute Gasteiger partial charge is 0.303 e. The lowest BCUT2D eigenvalue weighted by Gasteiger charge is -2.50. The third-order valence-electron chi connectivity index (χ3n) is 8.03. The van der Waals surface area contributed by atoms with E-state index in [1.165, 1.54) is 29.5 Å². The zero-order valence-electron chi connectivity index (χ0n) is 18.4. The number of aryl methyl sites for hydroxylation is 1. The molecule has 2 aromatic rings. The Labute approximate surface area is 188 Å². The molecule has 0 radical (unpaired) electrons. The number of nitrogens with one attached hydrogen (secondary N) is 1. The molecular weight excluding hydrogens is 402 g/mol. The second kappa shape index (κ2) is 8.15. The lowest BCUT2D eigenvalue weighted by molar-refractivity contribution is -0.138. The number of carboxylic acid groups (broad SMARTS) is 1. The average molecular weight is 432 g/mol. The minimum Gasteiger partial charge on any atom is -0.481 e. The van der Waals surface area contributed by atoms with Crippen molar-refractivity contribution in [2.75, 3.05) is 5.32 Å². The Morgan fingerprint density at radius 1 is 1.19 bits per heavy atom. The third kappa shape index (κ3) is 3.61. The van der Waals surface area contributed by atoms with Crippen LogP contribution in [0.2, 0.25) is 0 Å². The second-order valence-electron chi connectivity index (χ2n) is 9.71. The van der Waals surface area contributed by atoms with E-state index in [4.69, 9.17) is 5.11 Å². The molecule has 166 valence electrons. The van der Waals surface area contributed by atoms with Crippen molar-refractivity contribution >= 4 is 23.1 Å². The summed E-state index contributed by atoms with van der Waals surface area (Å²) in [6.07, 6.45) is 13.4. The van der Waals surface area contributed by atoms with Gasteiger partial charge in [0.2, 0.25) is 5.91 Å². The predicted octanol–water partition coefficient (Wildman–Crippen LogP) is 4.83. The number of benzene rings is 1. The molecule has 1 heterocycles. The highest BCUT2D eigenvalue weighted by atomic mass is 16.4. The highest BCUT2D eigenvalue weighted by Crippen LogP contribution is 2.63. The highest BCUT2D eigenvalue weighted by molar-refractivity contribution is 5.92. The summed E-state index contributed by atoms with van der Waals surface area (Å²) in [7, 11) is 0. The number of aromatic nitrogens is 2. The molecule has 1 saturated carbocycles. The van der Waals surface area contributed by atoms with Crippen LogP contribution in [0.15, 0.2) is 43.0 Å². The number of nitrogens with zero attached hydrogens (tertiary/aromatic N) is 2. The number of hydrogen-bond donors (Lipinski definition) is 2. The lowest BCUT2D eigenvalue weighted by atomic mass is 9.54. The van der Waals surface area contributed by atoms with Gasteiger partial charge in [-0.25, -0.2) is 9.97 Å². The van der Waals surface area contributed by atoms with Crippen LogP contribution in [0.4, 0.5) is 5.69 Å². The molecule has 32 heavy (non-hydrogen) atoms. The number of hydrogen-bond acceptors (Lipinski definition) is 4. The van der Waals surface area contributed by atoms with Crippen LogP contribution < -0.4 is 5.32 Å². The summed E-state index contributed by atoms with van der Waals surface area (Å²) >= 11 is 0. The first-order chi connectivity index (χ1) is 15.5. The van der Waals surface area contributed by atoms with Gasteiger partial charge in [-0.3, -0.25) is 9.59 Å². The number of carbonyl (C=O) groups excluding carboxylic acids is 1. The maximum Gasteiger partial charge on any atom is 0.303 e. The molecule has 3 aliphatic rings. The number of aliphatic carboxylic acids is 1. The van der Waals surface area contributed by atoms with Gasteiger partial charge in [-0.05, 0) is 84.1 Å². The van der Waals surface area contributed by atoms with Crippen LogP contribution in [-0.4, -0.2) is 27.0 Å². The fourth-order valence-corrected chi connectivity index (χ4v) is 6.56. The highest BCUT2D eigenvalue weighted by Gasteiger charge is 2.51. The van der Waals surface area contributed by atoms with Crippen LogP contribution in [0.5, 0.6) is 0 Å². The largest absolute Gasteiger partial charge is 0.481 e. The second-order valence-corrected chi connectivity index (χ2v) is 9.71. The molecule has 2 N–H and O–H groups in total. The van der Waals surface area contributed by atoms with Gasteiger partial charge in [-0.1, -0.05) is 19.1 Å². The van der Waals surface area contributed by atoms with Crippen molar-refractivity contribution in [3.63, 3.8) is 0 Å². The Morgan fingerprint density at radius 3 is 2.78 bits per heavy atom. The van der Waals surface area contributed by atoms with E-state index < -0.39 is 5.97 Å². The monoisotopic (exact) mass is 431 g/mol. The SMILES string of the molecule is C[C@]12CC[C@@H]3c4ccc(NC(=O)CCC(=O)O)cc4CC[C@H]3[C@@H]1CC=C2c1cncnc1. The average Bonchev–Trinajstić information content (AvgIpc) is 3.15. The molecule has 0 saturated heterocycles. The third-order valence-corrected chi connectivity index (χ3v) is 8.03. The molecule has 4 atom stereocenters. The molecule has 0 unspecified atom stereocenters. The number of carbonyl (C=O) groups is 2. The van der Waals surface area contributed by atoms with Crippen molar-refractivity contribution in [1.29, 1.82) is 0 Å². The van der Waals surface area contributed by atoms with Gasteiger partial charge >= 0.3 is 5.97 Å². The number of anilines is 1. The van der Waals surface area contributed by atoms with E-state index in [2.05, 4.69) is 40.4 Å². The van der Waals surface area contributed by atoms with E-state index in [1.807, 2.05) is 18.5 Å². The van der Waals surface area contributed by atoms with Gasteiger partial charge in [0.15, 0.2) is 0 Å². The van der Waals surface area contributed by atoms with Crippen molar-refractivity contribution in [2.45, 2.75) is 57.8 Å². The summed E-state index contributed by atoms with van der Waals surface area (Å²) in [6, 6.07) is 6.26. The van der Waals surface area contributed by atoms with Crippen LogP contribution >= 0.6 is 0 Å². The normalized spacial score (nSPS) is 28.2. The van der Waals surface area contributed by atoms with E-state index in [-0.39, 0.29) is 24.2 Å². The van der Waals surface area contributed by atoms with Crippen LogP contribution in [0.3, 0.4) is 0 Å². The fourth-order valence-electron chi connectivity index (χ4n) is 6.56. The number of allylic oxidation sites excluding steroid dienone is 2. The first-order valence-electron chi connectivity index (χ1n) is 11.6. The van der Waals surface area contributed by atoms with Gasteiger partial charge in [-0.2, -0.15) is 0 Å². The van der Waals surface area contributed by atoms with Crippen LogP contribution in [-0.2, 0) is 16.0 Å². The molecule has 5 rings (SSSR count). The van der Waals surface area contributed by atoms with Crippen LogP contribution in [0.25, 0.3) is 5.57 Å². The summed E-state index contributed by atoms with van der Waals surface area (Å²) in [5.74, 6) is 0.665. The molecular formula is C26H29N3O3. The zero-order chi connectivity index (χ0) is 22.3. The van der Waals surface area contributed by atoms with Gasteiger partial charge in [0, 0.05) is 30.1 Å². The molecule has 1 fully saturated rings. The number of amides is 1. The lowest BCUT2D eigenvalue weighted by Crippen LogP contribution is -2.40. The molecule has 6 heteroatoms. The number of carboxylic acids is 1. The zero-order valence-corrected chi connectivity index (χ0v) is 18.4. The van der Waals surface area contributed by atoms with Gasteiger partial charge in [0.1, 0.15) is 6.33 Å².